The molecule has 0 atom stereocenters. The quantitative estimate of drug-likeness (QED) is 0.663. The molecule has 0 aromatic rings. The van der Waals surface area contributed by atoms with Crippen molar-refractivity contribution in [2.45, 2.75) is 34.1 Å². The number of hydrogen-bond donors (Lipinski definition) is 1. The Kier molecular flexibility index (Phi) is 5.71. The summed E-state index contributed by atoms with van der Waals surface area (Å²) in [6.45, 7) is 9.87. The van der Waals surface area contributed by atoms with E-state index in [1.165, 1.54) is 0 Å². The Bertz CT molecular complexity index is 149. The van der Waals surface area contributed by atoms with Crippen LogP contribution in [0.15, 0.2) is 0 Å². The van der Waals surface area contributed by atoms with Crippen LogP contribution in [0, 0.1) is 5.41 Å². The highest BCUT2D eigenvalue weighted by Crippen LogP contribution is 2.17. The molecular weight excluding hydrogens is 166 g/mol. The van der Waals surface area contributed by atoms with Gasteiger partial charge in [0, 0.05) is 13.2 Å². The maximum absolute atomic E-state index is 10.9. The lowest BCUT2D eigenvalue weighted by molar-refractivity contribution is -0.125. The predicted molar refractivity (Wildman–Crippen MR) is 53.6 cm³/mol. The molecule has 0 spiro atoms. The van der Waals surface area contributed by atoms with Gasteiger partial charge in [0.05, 0.1) is 0 Å². The summed E-state index contributed by atoms with van der Waals surface area (Å²) in [4.78, 5) is 10.9. The SMILES string of the molecule is CCNC(=O)COCCC(C)(C)C. The van der Waals surface area contributed by atoms with Crippen LogP contribution in [0.4, 0.5) is 0 Å². The molecule has 1 N–H and O–H groups in total. The molecule has 0 aliphatic heterocycles. The molecule has 0 saturated carbocycles. The number of carbonyl (C=O) groups is 1. The van der Waals surface area contributed by atoms with E-state index in [0.717, 1.165) is 6.42 Å². The topological polar surface area (TPSA) is 38.3 Å². The van der Waals surface area contributed by atoms with Gasteiger partial charge in [-0.25, -0.2) is 0 Å². The van der Waals surface area contributed by atoms with Gasteiger partial charge in [-0.1, -0.05) is 20.8 Å². The van der Waals surface area contributed by atoms with Crippen molar-refractivity contribution in [3.63, 3.8) is 0 Å². The first-order chi connectivity index (χ1) is 5.95. The highest BCUT2D eigenvalue weighted by atomic mass is 16.5. The molecule has 0 aliphatic rings. The summed E-state index contributed by atoms with van der Waals surface area (Å²) in [5.41, 5.74) is 0.279. The van der Waals surface area contributed by atoms with E-state index in [1.807, 2.05) is 6.92 Å². The fourth-order valence-electron chi connectivity index (χ4n) is 0.791. The lowest BCUT2D eigenvalue weighted by Gasteiger charge is -2.17. The van der Waals surface area contributed by atoms with Crippen molar-refractivity contribution in [2.75, 3.05) is 19.8 Å². The average molecular weight is 187 g/mol. The molecule has 0 fully saturated rings. The fourth-order valence-corrected chi connectivity index (χ4v) is 0.791. The first-order valence-electron chi connectivity index (χ1n) is 4.80. The maximum Gasteiger partial charge on any atom is 0.245 e. The Balaban J connectivity index is 3.31. The molecule has 3 nitrogen and oxygen atoms in total. The first kappa shape index (κ1) is 12.4. The lowest BCUT2D eigenvalue weighted by Crippen LogP contribution is -2.27. The van der Waals surface area contributed by atoms with Crippen molar-refractivity contribution in [3.05, 3.63) is 0 Å². The zero-order valence-electron chi connectivity index (χ0n) is 9.14. The Hall–Kier alpha value is -0.570. The minimum absolute atomic E-state index is 0.0311. The summed E-state index contributed by atoms with van der Waals surface area (Å²) in [7, 11) is 0. The third kappa shape index (κ3) is 9.34. The van der Waals surface area contributed by atoms with Crippen molar-refractivity contribution in [3.8, 4) is 0 Å². The molecule has 0 unspecified atom stereocenters. The largest absolute Gasteiger partial charge is 0.372 e. The van der Waals surface area contributed by atoms with Crippen molar-refractivity contribution < 1.29 is 9.53 Å². The van der Waals surface area contributed by atoms with Gasteiger partial charge in [0.15, 0.2) is 0 Å². The van der Waals surface area contributed by atoms with Crippen LogP contribution in [0.3, 0.4) is 0 Å². The summed E-state index contributed by atoms with van der Waals surface area (Å²) in [5.74, 6) is -0.0311. The second-order valence-electron chi connectivity index (χ2n) is 4.32. The van der Waals surface area contributed by atoms with Gasteiger partial charge in [-0.15, -0.1) is 0 Å². The number of hydrogen-bond acceptors (Lipinski definition) is 2. The molecule has 0 heterocycles. The Morgan fingerprint density at radius 2 is 2.00 bits per heavy atom. The number of rotatable bonds is 5. The van der Waals surface area contributed by atoms with Gasteiger partial charge < -0.3 is 10.1 Å². The number of nitrogens with one attached hydrogen (secondary N) is 1. The van der Waals surface area contributed by atoms with Crippen LogP contribution in [0.25, 0.3) is 0 Å². The van der Waals surface area contributed by atoms with Crippen LogP contribution < -0.4 is 5.32 Å². The fraction of sp³-hybridized carbons (Fsp3) is 0.900. The zero-order valence-corrected chi connectivity index (χ0v) is 9.14. The molecule has 0 aromatic carbocycles. The standard InChI is InChI=1S/C10H21NO2/c1-5-11-9(12)8-13-7-6-10(2,3)4/h5-8H2,1-4H3,(H,11,12). The van der Waals surface area contributed by atoms with Crippen molar-refractivity contribution >= 4 is 5.91 Å². The van der Waals surface area contributed by atoms with E-state index in [2.05, 4.69) is 26.1 Å². The molecule has 0 rings (SSSR count). The average Bonchev–Trinajstić information content (AvgIpc) is 1.97. The summed E-state index contributed by atoms with van der Waals surface area (Å²) in [6.07, 6.45) is 0.979. The molecule has 3 heteroatoms. The number of carbonyl (C=O) groups excluding carboxylic acids is 1. The van der Waals surface area contributed by atoms with Gasteiger partial charge in [0.25, 0.3) is 0 Å². The van der Waals surface area contributed by atoms with E-state index in [-0.39, 0.29) is 17.9 Å². The van der Waals surface area contributed by atoms with Gasteiger partial charge in [0.2, 0.25) is 5.91 Å². The van der Waals surface area contributed by atoms with E-state index in [0.29, 0.717) is 13.2 Å². The van der Waals surface area contributed by atoms with Crippen LogP contribution in [-0.4, -0.2) is 25.7 Å². The Morgan fingerprint density at radius 1 is 1.38 bits per heavy atom. The highest BCUT2D eigenvalue weighted by molar-refractivity contribution is 5.77. The first-order valence-corrected chi connectivity index (χ1v) is 4.80. The summed E-state index contributed by atoms with van der Waals surface area (Å²) < 4.78 is 5.21. The second kappa shape index (κ2) is 5.97. The number of amides is 1. The van der Waals surface area contributed by atoms with Crippen LogP contribution in [0.2, 0.25) is 0 Å². The minimum atomic E-state index is -0.0311. The van der Waals surface area contributed by atoms with E-state index in [4.69, 9.17) is 4.74 Å². The molecule has 0 aliphatic carbocycles. The predicted octanol–water partition coefficient (Wildman–Crippen LogP) is 1.58. The smallest absolute Gasteiger partial charge is 0.245 e. The number of likely N-dealkylation sites (N-methyl/N-ethyl adjacent to an activating group) is 1. The van der Waals surface area contributed by atoms with Gasteiger partial charge >= 0.3 is 0 Å². The summed E-state index contributed by atoms with van der Waals surface area (Å²) >= 11 is 0. The molecular formula is C10H21NO2. The maximum atomic E-state index is 10.9. The van der Waals surface area contributed by atoms with Crippen molar-refractivity contribution in [1.29, 1.82) is 0 Å². The van der Waals surface area contributed by atoms with Gasteiger partial charge in [0.1, 0.15) is 6.61 Å². The third-order valence-corrected chi connectivity index (χ3v) is 1.60. The molecule has 0 bridgehead atoms. The van der Waals surface area contributed by atoms with Crippen LogP contribution in [-0.2, 0) is 9.53 Å². The van der Waals surface area contributed by atoms with Crippen LogP contribution in [0.5, 0.6) is 0 Å². The molecule has 13 heavy (non-hydrogen) atoms. The minimum Gasteiger partial charge on any atom is -0.372 e. The van der Waals surface area contributed by atoms with E-state index < -0.39 is 0 Å². The van der Waals surface area contributed by atoms with Crippen LogP contribution >= 0.6 is 0 Å². The molecule has 1 amide bonds. The zero-order chi connectivity index (χ0) is 10.3. The second-order valence-corrected chi connectivity index (χ2v) is 4.32. The lowest BCUT2D eigenvalue weighted by atomic mass is 9.93. The van der Waals surface area contributed by atoms with E-state index >= 15 is 0 Å². The highest BCUT2D eigenvalue weighted by Gasteiger charge is 2.09. The molecule has 0 saturated heterocycles. The summed E-state index contributed by atoms with van der Waals surface area (Å²) in [5, 5.41) is 2.68. The summed E-state index contributed by atoms with van der Waals surface area (Å²) in [6, 6.07) is 0. The van der Waals surface area contributed by atoms with E-state index in [9.17, 15) is 4.79 Å². The van der Waals surface area contributed by atoms with Gasteiger partial charge in [-0.3, -0.25) is 4.79 Å². The Morgan fingerprint density at radius 3 is 2.46 bits per heavy atom. The molecule has 0 radical (unpaired) electrons. The van der Waals surface area contributed by atoms with Gasteiger partial charge in [-0.05, 0) is 18.8 Å². The third-order valence-electron chi connectivity index (χ3n) is 1.60. The van der Waals surface area contributed by atoms with E-state index in [1.54, 1.807) is 0 Å². The normalized spacial score (nSPS) is 11.4. The van der Waals surface area contributed by atoms with Gasteiger partial charge in [-0.2, -0.15) is 0 Å². The molecule has 78 valence electrons. The van der Waals surface area contributed by atoms with Crippen molar-refractivity contribution in [1.82, 2.24) is 5.32 Å². The molecule has 0 aromatic heterocycles. The number of ether oxygens (including phenoxy) is 1. The Labute approximate surface area is 80.8 Å². The van der Waals surface area contributed by atoms with Crippen LogP contribution in [0.1, 0.15) is 34.1 Å². The monoisotopic (exact) mass is 187 g/mol. The van der Waals surface area contributed by atoms with Crippen molar-refractivity contribution in [2.24, 2.45) is 5.41 Å².